The number of carbonyl (C=O) groups excluding carboxylic acids is 1. The van der Waals surface area contributed by atoms with Crippen LogP contribution in [-0.4, -0.2) is 48.8 Å². The van der Waals surface area contributed by atoms with Crippen molar-refractivity contribution in [2.24, 2.45) is 13.0 Å². The van der Waals surface area contributed by atoms with Crippen LogP contribution in [0.3, 0.4) is 0 Å². The highest BCUT2D eigenvalue weighted by Gasteiger charge is 2.25. The first-order chi connectivity index (χ1) is 13.2. The number of nitrogens with zero attached hydrogens (tertiary/aromatic N) is 6. The molecule has 1 atom stereocenters. The van der Waals surface area contributed by atoms with Gasteiger partial charge in [-0.25, -0.2) is 0 Å². The highest BCUT2D eigenvalue weighted by atomic mass is 16.5. The summed E-state index contributed by atoms with van der Waals surface area (Å²) in [5.74, 6) is 1.73. The van der Waals surface area contributed by atoms with E-state index in [1.165, 1.54) is 0 Å². The van der Waals surface area contributed by atoms with E-state index in [0.717, 1.165) is 44.3 Å². The number of aromatic nitrogens is 5. The quantitative estimate of drug-likeness (QED) is 0.688. The molecule has 4 rings (SSSR count). The van der Waals surface area contributed by atoms with Crippen LogP contribution >= 0.6 is 0 Å². The van der Waals surface area contributed by atoms with Gasteiger partial charge in [0.1, 0.15) is 0 Å². The van der Waals surface area contributed by atoms with Crippen LogP contribution in [0.25, 0.3) is 11.5 Å². The van der Waals surface area contributed by atoms with Crippen molar-refractivity contribution in [3.8, 4) is 11.5 Å². The summed E-state index contributed by atoms with van der Waals surface area (Å²) in [5, 5.41) is 8.18. The summed E-state index contributed by atoms with van der Waals surface area (Å²) in [6.07, 6.45) is 10.6. The lowest BCUT2D eigenvalue weighted by Crippen LogP contribution is -2.40. The average molecular weight is 366 g/mol. The third-order valence-corrected chi connectivity index (χ3v) is 4.93. The molecular weight excluding hydrogens is 344 g/mol. The first-order valence-electron chi connectivity index (χ1n) is 9.20. The molecule has 1 amide bonds. The van der Waals surface area contributed by atoms with Crippen molar-refractivity contribution < 1.29 is 9.32 Å². The molecule has 0 aliphatic carbocycles. The predicted octanol–water partition coefficient (Wildman–Crippen LogP) is 2.35. The normalized spacial score (nSPS) is 17.2. The second kappa shape index (κ2) is 7.69. The summed E-state index contributed by atoms with van der Waals surface area (Å²) in [6, 6.07) is 3.70. The Hall–Kier alpha value is -3.03. The third kappa shape index (κ3) is 4.05. The molecule has 0 radical (unpaired) electrons. The largest absolute Gasteiger partial charge is 0.338 e. The number of rotatable bonds is 5. The molecular formula is C19H22N6O2. The molecule has 0 aromatic carbocycles. The standard InChI is InChI=1S/C19H22N6O2/c1-24-13-16(11-21-24)19(26)25-10-2-3-14(12-25)4-5-17-22-18(27-23-17)15-6-8-20-9-7-15/h6-9,11,13-14H,2-5,10,12H2,1H3. The Bertz CT molecular complexity index is 904. The van der Waals surface area contributed by atoms with E-state index in [4.69, 9.17) is 4.52 Å². The number of hydrogen-bond donors (Lipinski definition) is 0. The van der Waals surface area contributed by atoms with Crippen molar-refractivity contribution in [1.82, 2.24) is 29.8 Å². The van der Waals surface area contributed by atoms with Gasteiger partial charge in [0.15, 0.2) is 5.82 Å². The van der Waals surface area contributed by atoms with Gasteiger partial charge < -0.3 is 9.42 Å². The van der Waals surface area contributed by atoms with E-state index >= 15 is 0 Å². The molecule has 3 aromatic heterocycles. The average Bonchev–Trinajstić information content (AvgIpc) is 3.36. The summed E-state index contributed by atoms with van der Waals surface area (Å²) in [7, 11) is 1.82. The first-order valence-corrected chi connectivity index (χ1v) is 9.20. The van der Waals surface area contributed by atoms with Crippen LogP contribution in [0.1, 0.15) is 35.4 Å². The predicted molar refractivity (Wildman–Crippen MR) is 97.7 cm³/mol. The van der Waals surface area contributed by atoms with Crippen molar-refractivity contribution in [3.05, 3.63) is 48.3 Å². The summed E-state index contributed by atoms with van der Waals surface area (Å²) in [5.41, 5.74) is 1.52. The van der Waals surface area contributed by atoms with Gasteiger partial charge in [-0.1, -0.05) is 5.16 Å². The number of amides is 1. The summed E-state index contributed by atoms with van der Waals surface area (Å²) < 4.78 is 7.01. The van der Waals surface area contributed by atoms with Gasteiger partial charge in [-0.3, -0.25) is 14.5 Å². The van der Waals surface area contributed by atoms with Crippen LogP contribution in [0.2, 0.25) is 0 Å². The van der Waals surface area contributed by atoms with Crippen LogP contribution in [0.5, 0.6) is 0 Å². The number of piperidine rings is 1. The lowest BCUT2D eigenvalue weighted by atomic mass is 9.93. The fourth-order valence-corrected chi connectivity index (χ4v) is 3.50. The Morgan fingerprint density at radius 2 is 2.19 bits per heavy atom. The highest BCUT2D eigenvalue weighted by molar-refractivity contribution is 5.93. The maximum atomic E-state index is 12.6. The smallest absolute Gasteiger partial charge is 0.258 e. The number of pyridine rings is 1. The van der Waals surface area contributed by atoms with E-state index in [1.54, 1.807) is 29.5 Å². The van der Waals surface area contributed by atoms with Crippen molar-refractivity contribution in [3.63, 3.8) is 0 Å². The zero-order chi connectivity index (χ0) is 18.6. The van der Waals surface area contributed by atoms with E-state index in [2.05, 4.69) is 20.2 Å². The van der Waals surface area contributed by atoms with Crippen LogP contribution in [0, 0.1) is 5.92 Å². The molecule has 1 aliphatic rings. The minimum atomic E-state index is 0.0623. The molecule has 0 bridgehead atoms. The molecule has 0 saturated carbocycles. The monoisotopic (exact) mass is 366 g/mol. The van der Waals surface area contributed by atoms with E-state index in [1.807, 2.05) is 24.1 Å². The molecule has 8 heteroatoms. The Morgan fingerprint density at radius 3 is 2.96 bits per heavy atom. The maximum Gasteiger partial charge on any atom is 0.258 e. The topological polar surface area (TPSA) is 89.9 Å². The van der Waals surface area contributed by atoms with E-state index in [9.17, 15) is 4.79 Å². The minimum absolute atomic E-state index is 0.0623. The van der Waals surface area contributed by atoms with Crippen LogP contribution < -0.4 is 0 Å². The van der Waals surface area contributed by atoms with Gasteiger partial charge >= 0.3 is 0 Å². The lowest BCUT2D eigenvalue weighted by Gasteiger charge is -2.32. The Labute approximate surface area is 157 Å². The van der Waals surface area contributed by atoms with Crippen molar-refractivity contribution in [2.75, 3.05) is 13.1 Å². The number of aryl methyl sites for hydroxylation is 2. The third-order valence-electron chi connectivity index (χ3n) is 4.93. The maximum absolute atomic E-state index is 12.6. The molecule has 1 saturated heterocycles. The first kappa shape index (κ1) is 17.4. The fourth-order valence-electron chi connectivity index (χ4n) is 3.50. The highest BCUT2D eigenvalue weighted by Crippen LogP contribution is 2.23. The second-order valence-electron chi connectivity index (χ2n) is 6.95. The van der Waals surface area contributed by atoms with Crippen LogP contribution in [0.4, 0.5) is 0 Å². The van der Waals surface area contributed by atoms with Gasteiger partial charge in [-0.2, -0.15) is 10.1 Å². The summed E-state index contributed by atoms with van der Waals surface area (Å²) >= 11 is 0. The van der Waals surface area contributed by atoms with E-state index < -0.39 is 0 Å². The summed E-state index contributed by atoms with van der Waals surface area (Å²) in [6.45, 7) is 1.57. The van der Waals surface area contributed by atoms with Gasteiger partial charge in [0.2, 0.25) is 0 Å². The Balaban J connectivity index is 1.33. The Morgan fingerprint density at radius 1 is 1.33 bits per heavy atom. The zero-order valence-corrected chi connectivity index (χ0v) is 15.3. The van der Waals surface area contributed by atoms with E-state index in [0.29, 0.717) is 23.2 Å². The number of hydrogen-bond acceptors (Lipinski definition) is 6. The van der Waals surface area contributed by atoms with E-state index in [-0.39, 0.29) is 5.91 Å². The van der Waals surface area contributed by atoms with Crippen LogP contribution in [-0.2, 0) is 13.5 Å². The van der Waals surface area contributed by atoms with Gasteiger partial charge in [-0.05, 0) is 37.3 Å². The molecule has 3 aromatic rings. The Kier molecular flexibility index (Phi) is 4.95. The van der Waals surface area contributed by atoms with Gasteiger partial charge in [-0.15, -0.1) is 0 Å². The van der Waals surface area contributed by atoms with Gasteiger partial charge in [0, 0.05) is 50.7 Å². The molecule has 4 heterocycles. The van der Waals surface area contributed by atoms with Crippen molar-refractivity contribution >= 4 is 5.91 Å². The second-order valence-corrected chi connectivity index (χ2v) is 6.95. The molecule has 0 spiro atoms. The zero-order valence-electron chi connectivity index (χ0n) is 15.3. The van der Waals surface area contributed by atoms with Gasteiger partial charge in [0.25, 0.3) is 11.8 Å². The van der Waals surface area contributed by atoms with Gasteiger partial charge in [0.05, 0.1) is 11.8 Å². The van der Waals surface area contributed by atoms with Crippen LogP contribution in [0.15, 0.2) is 41.4 Å². The van der Waals surface area contributed by atoms with Crippen molar-refractivity contribution in [2.45, 2.75) is 25.7 Å². The molecule has 8 nitrogen and oxygen atoms in total. The lowest BCUT2D eigenvalue weighted by molar-refractivity contribution is 0.0668. The number of likely N-dealkylation sites (tertiary alicyclic amines) is 1. The fraction of sp³-hybridized carbons (Fsp3) is 0.421. The van der Waals surface area contributed by atoms with Crippen molar-refractivity contribution in [1.29, 1.82) is 0 Å². The molecule has 1 aliphatic heterocycles. The number of carbonyl (C=O) groups is 1. The molecule has 1 unspecified atom stereocenters. The molecule has 27 heavy (non-hydrogen) atoms. The minimum Gasteiger partial charge on any atom is -0.338 e. The summed E-state index contributed by atoms with van der Waals surface area (Å²) in [4.78, 5) is 23.0. The molecule has 140 valence electrons. The SMILES string of the molecule is Cn1cc(C(=O)N2CCCC(CCc3noc(-c4ccncc4)n3)C2)cn1. The molecule has 0 N–H and O–H groups in total. The molecule has 1 fully saturated rings.